The molecule has 0 aliphatic carbocycles. The molecule has 1 aromatic heterocycles. The molecule has 0 spiro atoms. The van der Waals surface area contributed by atoms with Crippen LogP contribution in [0.5, 0.6) is 0 Å². The molecule has 1 aliphatic rings. The molecule has 100 valence electrons. The Hall–Kier alpha value is -1.16. The lowest BCUT2D eigenvalue weighted by Gasteiger charge is -2.30. The van der Waals surface area contributed by atoms with E-state index < -0.39 is 0 Å². The normalized spacial score (nSPS) is 23.8. The third-order valence-corrected chi connectivity index (χ3v) is 4.13. The second kappa shape index (κ2) is 5.22. The summed E-state index contributed by atoms with van der Waals surface area (Å²) in [5.41, 5.74) is -0.267. The van der Waals surface area contributed by atoms with Gasteiger partial charge in [-0.05, 0) is 25.3 Å². The van der Waals surface area contributed by atoms with Crippen molar-refractivity contribution in [2.45, 2.75) is 40.2 Å². The first-order chi connectivity index (χ1) is 8.62. The lowest BCUT2D eigenvalue weighted by molar-refractivity contribution is 0.0723. The number of ketones is 1. The Bertz CT molecular complexity index is 416. The van der Waals surface area contributed by atoms with Crippen LogP contribution in [0, 0.1) is 11.3 Å². The van der Waals surface area contributed by atoms with E-state index in [2.05, 4.69) is 31.1 Å². The van der Waals surface area contributed by atoms with Gasteiger partial charge in [-0.25, -0.2) is 4.98 Å². The van der Waals surface area contributed by atoms with Crippen molar-refractivity contribution in [2.75, 3.05) is 13.1 Å². The molecule has 2 heterocycles. The molecule has 1 unspecified atom stereocenters. The van der Waals surface area contributed by atoms with Crippen molar-refractivity contribution in [1.29, 1.82) is 0 Å². The van der Waals surface area contributed by atoms with Crippen molar-refractivity contribution in [3.05, 3.63) is 18.2 Å². The van der Waals surface area contributed by atoms with Crippen molar-refractivity contribution < 1.29 is 4.79 Å². The Balaban J connectivity index is 2.31. The fourth-order valence-electron chi connectivity index (χ4n) is 2.82. The van der Waals surface area contributed by atoms with E-state index in [-0.39, 0.29) is 11.2 Å². The lowest BCUT2D eigenvalue weighted by atomic mass is 9.72. The van der Waals surface area contributed by atoms with Gasteiger partial charge in [0.15, 0.2) is 5.82 Å². The smallest absolute Gasteiger partial charge is 0.205 e. The summed E-state index contributed by atoms with van der Waals surface area (Å²) in [6.45, 7) is 8.96. The van der Waals surface area contributed by atoms with Gasteiger partial charge in [0.25, 0.3) is 0 Å². The molecule has 1 aliphatic heterocycles. The van der Waals surface area contributed by atoms with Crippen molar-refractivity contribution in [2.24, 2.45) is 11.3 Å². The molecule has 4 nitrogen and oxygen atoms in total. The maximum absolute atomic E-state index is 12.8. The average molecular weight is 249 g/mol. The van der Waals surface area contributed by atoms with Crippen LogP contribution in [0.3, 0.4) is 0 Å². The van der Waals surface area contributed by atoms with Gasteiger partial charge in [0, 0.05) is 25.5 Å². The van der Waals surface area contributed by atoms with E-state index in [1.807, 2.05) is 10.8 Å². The van der Waals surface area contributed by atoms with E-state index in [4.69, 9.17) is 0 Å². The predicted molar refractivity (Wildman–Crippen MR) is 71.6 cm³/mol. The molecule has 1 aromatic rings. The maximum Gasteiger partial charge on any atom is 0.205 e. The molecule has 0 aromatic carbocycles. The van der Waals surface area contributed by atoms with E-state index in [1.165, 1.54) is 0 Å². The summed E-state index contributed by atoms with van der Waals surface area (Å²) < 4.78 is 1.99. The molecule has 2 rings (SSSR count). The van der Waals surface area contributed by atoms with E-state index >= 15 is 0 Å². The molecule has 1 fully saturated rings. The van der Waals surface area contributed by atoms with E-state index in [1.54, 1.807) is 6.20 Å². The molecule has 0 bridgehead atoms. The highest BCUT2D eigenvalue weighted by atomic mass is 16.1. The first kappa shape index (κ1) is 13.3. The molecule has 0 amide bonds. The Kier molecular flexibility index (Phi) is 3.85. The monoisotopic (exact) mass is 249 g/mol. The van der Waals surface area contributed by atoms with Gasteiger partial charge in [-0.3, -0.25) is 4.79 Å². The summed E-state index contributed by atoms with van der Waals surface area (Å²) in [4.78, 5) is 17.1. The molecule has 0 radical (unpaired) electrons. The zero-order chi connectivity index (χ0) is 13.2. The Morgan fingerprint density at radius 2 is 2.39 bits per heavy atom. The van der Waals surface area contributed by atoms with E-state index in [9.17, 15) is 4.79 Å². The number of nitrogens with one attached hydrogen (secondary N) is 1. The average Bonchev–Trinajstić information content (AvgIpc) is 2.97. The standard InChI is InChI=1S/C14H23N3O/c1-4-8-17-9-7-16-13(17)12(18)14(11(2)3)5-6-15-10-14/h7,9,11,15H,4-6,8,10H2,1-3H3. The minimum absolute atomic E-state index is 0.209. The first-order valence-corrected chi connectivity index (χ1v) is 6.88. The first-order valence-electron chi connectivity index (χ1n) is 6.88. The summed E-state index contributed by atoms with van der Waals surface area (Å²) in [6, 6.07) is 0. The highest BCUT2D eigenvalue weighted by Crippen LogP contribution is 2.37. The molecular weight excluding hydrogens is 226 g/mol. The van der Waals surface area contributed by atoms with Gasteiger partial charge in [-0.15, -0.1) is 0 Å². The van der Waals surface area contributed by atoms with Crippen LogP contribution >= 0.6 is 0 Å². The second-order valence-corrected chi connectivity index (χ2v) is 5.51. The summed E-state index contributed by atoms with van der Waals surface area (Å²) >= 11 is 0. The van der Waals surface area contributed by atoms with Crippen LogP contribution in [0.4, 0.5) is 0 Å². The molecular formula is C14H23N3O. The van der Waals surface area contributed by atoms with Gasteiger partial charge in [0.2, 0.25) is 5.78 Å². The lowest BCUT2D eigenvalue weighted by Crippen LogP contribution is -2.40. The zero-order valence-corrected chi connectivity index (χ0v) is 11.6. The number of Topliss-reactive ketones (excluding diaryl/α,β-unsaturated/α-hetero) is 1. The summed E-state index contributed by atoms with van der Waals surface area (Å²) in [6.07, 6.45) is 5.58. The van der Waals surface area contributed by atoms with Crippen LogP contribution in [-0.2, 0) is 6.54 Å². The zero-order valence-electron chi connectivity index (χ0n) is 11.6. The number of nitrogens with zero attached hydrogens (tertiary/aromatic N) is 2. The number of hydrogen-bond acceptors (Lipinski definition) is 3. The van der Waals surface area contributed by atoms with Crippen molar-refractivity contribution >= 4 is 5.78 Å². The number of imidazole rings is 1. The van der Waals surface area contributed by atoms with Gasteiger partial charge in [-0.1, -0.05) is 20.8 Å². The Morgan fingerprint density at radius 3 is 2.94 bits per heavy atom. The quantitative estimate of drug-likeness (QED) is 0.813. The Morgan fingerprint density at radius 1 is 1.61 bits per heavy atom. The summed E-state index contributed by atoms with van der Waals surface area (Å²) in [5, 5.41) is 3.33. The number of rotatable bonds is 5. The third kappa shape index (κ3) is 2.09. The van der Waals surface area contributed by atoms with Crippen LogP contribution in [0.25, 0.3) is 0 Å². The van der Waals surface area contributed by atoms with Gasteiger partial charge in [-0.2, -0.15) is 0 Å². The van der Waals surface area contributed by atoms with E-state index in [0.29, 0.717) is 11.7 Å². The minimum Gasteiger partial charge on any atom is -0.329 e. The molecule has 1 atom stereocenters. The number of carbonyl (C=O) groups is 1. The van der Waals surface area contributed by atoms with Crippen LogP contribution in [-0.4, -0.2) is 28.4 Å². The molecule has 0 saturated carbocycles. The van der Waals surface area contributed by atoms with Gasteiger partial charge >= 0.3 is 0 Å². The molecule has 1 saturated heterocycles. The highest BCUT2D eigenvalue weighted by Gasteiger charge is 2.45. The largest absolute Gasteiger partial charge is 0.329 e. The number of hydrogen-bond donors (Lipinski definition) is 1. The van der Waals surface area contributed by atoms with Gasteiger partial charge in [0.05, 0.1) is 5.41 Å². The number of carbonyl (C=O) groups excluding carboxylic acids is 1. The van der Waals surface area contributed by atoms with Crippen LogP contribution in [0.15, 0.2) is 12.4 Å². The number of aromatic nitrogens is 2. The second-order valence-electron chi connectivity index (χ2n) is 5.51. The van der Waals surface area contributed by atoms with Crippen molar-refractivity contribution in [3.63, 3.8) is 0 Å². The molecule has 1 N–H and O–H groups in total. The number of aryl methyl sites for hydroxylation is 1. The third-order valence-electron chi connectivity index (χ3n) is 4.13. The highest BCUT2D eigenvalue weighted by molar-refractivity contribution is 5.98. The van der Waals surface area contributed by atoms with Gasteiger partial charge in [0.1, 0.15) is 0 Å². The minimum atomic E-state index is -0.267. The van der Waals surface area contributed by atoms with E-state index in [0.717, 1.165) is 32.5 Å². The topological polar surface area (TPSA) is 46.9 Å². The van der Waals surface area contributed by atoms with Crippen LogP contribution in [0.1, 0.15) is 44.2 Å². The fourth-order valence-corrected chi connectivity index (χ4v) is 2.82. The summed E-state index contributed by atoms with van der Waals surface area (Å²) in [5.74, 6) is 1.18. The maximum atomic E-state index is 12.8. The predicted octanol–water partition coefficient (Wildman–Crippen LogP) is 2.11. The fraction of sp³-hybridized carbons (Fsp3) is 0.714. The van der Waals surface area contributed by atoms with Crippen LogP contribution in [0.2, 0.25) is 0 Å². The van der Waals surface area contributed by atoms with Crippen molar-refractivity contribution in [1.82, 2.24) is 14.9 Å². The summed E-state index contributed by atoms with van der Waals surface area (Å²) in [7, 11) is 0. The molecule has 18 heavy (non-hydrogen) atoms. The molecule has 4 heteroatoms. The van der Waals surface area contributed by atoms with Crippen molar-refractivity contribution in [3.8, 4) is 0 Å². The SMILES string of the molecule is CCCn1ccnc1C(=O)C1(C(C)C)CCNC1. The van der Waals surface area contributed by atoms with Crippen LogP contribution < -0.4 is 5.32 Å². The Labute approximate surface area is 109 Å². The van der Waals surface area contributed by atoms with Gasteiger partial charge < -0.3 is 9.88 Å².